The van der Waals surface area contributed by atoms with Gasteiger partial charge < -0.3 is 34.4 Å². The van der Waals surface area contributed by atoms with E-state index < -0.39 is 32.1 Å². The standard InChI is InChI=1S/C19H30N5O7P/c1-11(2)31-32(4,28)29-8-13-15(26)16(27)19(30-13)24-10-23-14-17(21-9-22-18(14)24)20-6-5-12(3)7-25/h5,9-11,13,15-16,19,25-27H,6-8H2,1-4H3,(H,20,21,22)/b12-5+/t13-,15-,16-,19-,32?/m1/s1. The molecule has 12 nitrogen and oxygen atoms in total. The van der Waals surface area contributed by atoms with Crippen molar-refractivity contribution in [2.24, 2.45) is 0 Å². The summed E-state index contributed by atoms with van der Waals surface area (Å²) in [7, 11) is -3.33. The molecule has 0 radical (unpaired) electrons. The summed E-state index contributed by atoms with van der Waals surface area (Å²) in [4.78, 5) is 12.7. The predicted octanol–water partition coefficient (Wildman–Crippen LogP) is 1.06. The molecule has 13 heteroatoms. The first-order valence-electron chi connectivity index (χ1n) is 10.2. The Morgan fingerprint density at radius 2 is 2.09 bits per heavy atom. The highest BCUT2D eigenvalue weighted by Crippen LogP contribution is 2.46. The Morgan fingerprint density at radius 1 is 1.34 bits per heavy atom. The molecule has 0 aromatic carbocycles. The molecule has 3 heterocycles. The summed E-state index contributed by atoms with van der Waals surface area (Å²) >= 11 is 0. The van der Waals surface area contributed by atoms with Crippen molar-refractivity contribution in [1.29, 1.82) is 0 Å². The Hall–Kier alpha value is -1.92. The average molecular weight is 471 g/mol. The summed E-state index contributed by atoms with van der Waals surface area (Å²) in [6, 6.07) is 0. The average Bonchev–Trinajstić information content (AvgIpc) is 3.27. The number of hydrogen-bond acceptors (Lipinski definition) is 11. The molecule has 1 saturated heterocycles. The number of aliphatic hydroxyl groups is 3. The summed E-state index contributed by atoms with van der Waals surface area (Å²) in [6.07, 6.45) is -0.150. The Morgan fingerprint density at radius 3 is 2.78 bits per heavy atom. The van der Waals surface area contributed by atoms with Gasteiger partial charge in [0.25, 0.3) is 0 Å². The minimum Gasteiger partial charge on any atom is -0.392 e. The minimum absolute atomic E-state index is 0.0311. The van der Waals surface area contributed by atoms with Crippen LogP contribution >= 0.6 is 7.60 Å². The molecule has 0 spiro atoms. The van der Waals surface area contributed by atoms with Crippen LogP contribution in [-0.4, -0.2) is 85.7 Å². The first kappa shape index (κ1) is 24.7. The normalized spacial score (nSPS) is 26.1. The highest BCUT2D eigenvalue weighted by Gasteiger charge is 2.45. The van der Waals surface area contributed by atoms with Crippen LogP contribution in [-0.2, 0) is 18.3 Å². The Kier molecular flexibility index (Phi) is 7.99. The zero-order chi connectivity index (χ0) is 23.5. The number of rotatable bonds is 10. The van der Waals surface area contributed by atoms with Gasteiger partial charge in [0, 0.05) is 13.2 Å². The first-order chi connectivity index (χ1) is 15.1. The lowest BCUT2D eigenvalue weighted by atomic mass is 10.1. The Bertz CT molecular complexity index is 998. The molecule has 0 saturated carbocycles. The smallest absolute Gasteiger partial charge is 0.327 e. The van der Waals surface area contributed by atoms with E-state index in [1.807, 2.05) is 13.0 Å². The van der Waals surface area contributed by atoms with Crippen molar-refractivity contribution >= 4 is 24.6 Å². The molecule has 0 aliphatic carbocycles. The lowest BCUT2D eigenvalue weighted by molar-refractivity contribution is -0.0493. The molecule has 178 valence electrons. The van der Waals surface area contributed by atoms with Crippen molar-refractivity contribution in [1.82, 2.24) is 19.5 Å². The van der Waals surface area contributed by atoms with Crippen molar-refractivity contribution < 1.29 is 33.7 Å². The molecule has 32 heavy (non-hydrogen) atoms. The third-order valence-corrected chi connectivity index (χ3v) is 6.24. The maximum atomic E-state index is 12.3. The van der Waals surface area contributed by atoms with Gasteiger partial charge in [0.05, 0.1) is 25.6 Å². The number of aliphatic hydroxyl groups excluding tert-OH is 3. The van der Waals surface area contributed by atoms with E-state index in [4.69, 9.17) is 18.9 Å². The zero-order valence-electron chi connectivity index (χ0n) is 18.5. The van der Waals surface area contributed by atoms with Gasteiger partial charge in [-0.05, 0) is 20.8 Å². The van der Waals surface area contributed by atoms with Crippen molar-refractivity contribution in [2.75, 3.05) is 31.7 Å². The maximum absolute atomic E-state index is 12.3. The summed E-state index contributed by atoms with van der Waals surface area (Å²) in [5.41, 5.74) is 1.66. The monoisotopic (exact) mass is 471 g/mol. The van der Waals surface area contributed by atoms with E-state index in [1.54, 1.807) is 13.8 Å². The lowest BCUT2D eigenvalue weighted by Gasteiger charge is -2.20. The number of hydrogen-bond donors (Lipinski definition) is 4. The number of nitrogens with zero attached hydrogens (tertiary/aromatic N) is 4. The summed E-state index contributed by atoms with van der Waals surface area (Å²) < 4.78 is 30.2. The fourth-order valence-electron chi connectivity index (χ4n) is 3.27. The van der Waals surface area contributed by atoms with Crippen LogP contribution in [0.15, 0.2) is 24.3 Å². The van der Waals surface area contributed by atoms with Crippen molar-refractivity contribution in [2.45, 2.75) is 51.4 Å². The third kappa shape index (κ3) is 5.70. The molecule has 5 atom stereocenters. The largest absolute Gasteiger partial charge is 0.392 e. The van der Waals surface area contributed by atoms with Gasteiger partial charge in [-0.15, -0.1) is 0 Å². The molecule has 1 unspecified atom stereocenters. The summed E-state index contributed by atoms with van der Waals surface area (Å²) in [6.45, 7) is 6.80. The van der Waals surface area contributed by atoms with Gasteiger partial charge in [-0.1, -0.05) is 11.6 Å². The van der Waals surface area contributed by atoms with E-state index in [1.165, 1.54) is 23.9 Å². The van der Waals surface area contributed by atoms with Gasteiger partial charge in [-0.2, -0.15) is 0 Å². The van der Waals surface area contributed by atoms with E-state index in [0.29, 0.717) is 23.5 Å². The van der Waals surface area contributed by atoms with Crippen LogP contribution in [0.4, 0.5) is 5.82 Å². The molecule has 1 aliphatic heterocycles. The highest BCUT2D eigenvalue weighted by atomic mass is 31.2. The number of anilines is 1. The molecule has 2 aromatic heterocycles. The Balaban J connectivity index is 1.74. The van der Waals surface area contributed by atoms with Crippen LogP contribution in [0.3, 0.4) is 0 Å². The molecule has 3 rings (SSSR count). The van der Waals surface area contributed by atoms with Gasteiger partial charge in [-0.25, -0.2) is 15.0 Å². The van der Waals surface area contributed by atoms with Crippen LogP contribution in [0.5, 0.6) is 0 Å². The van der Waals surface area contributed by atoms with E-state index in [0.717, 1.165) is 5.57 Å². The molecule has 1 fully saturated rings. The van der Waals surface area contributed by atoms with Crippen molar-refractivity contribution in [3.05, 3.63) is 24.3 Å². The lowest BCUT2D eigenvalue weighted by Crippen LogP contribution is -2.33. The van der Waals surface area contributed by atoms with Crippen LogP contribution < -0.4 is 5.32 Å². The maximum Gasteiger partial charge on any atom is 0.327 e. The predicted molar refractivity (Wildman–Crippen MR) is 116 cm³/mol. The first-order valence-corrected chi connectivity index (χ1v) is 12.2. The summed E-state index contributed by atoms with van der Waals surface area (Å²) in [5.74, 6) is 0.474. The van der Waals surface area contributed by atoms with Gasteiger partial charge in [0.15, 0.2) is 23.2 Å². The third-order valence-electron chi connectivity index (χ3n) is 4.82. The molecule has 4 N–H and O–H groups in total. The number of ether oxygens (including phenoxy) is 1. The molecule has 0 amide bonds. The Labute approximate surface area is 185 Å². The van der Waals surface area contributed by atoms with Crippen LogP contribution in [0.25, 0.3) is 11.2 Å². The molecular weight excluding hydrogens is 441 g/mol. The number of imidazole rings is 1. The quantitative estimate of drug-likeness (QED) is 0.290. The second kappa shape index (κ2) is 10.3. The van der Waals surface area contributed by atoms with Crippen LogP contribution in [0, 0.1) is 0 Å². The number of nitrogens with one attached hydrogen (secondary N) is 1. The zero-order valence-corrected chi connectivity index (χ0v) is 19.3. The SMILES string of the molecule is C/C(=C\CNc1ncnc2c1ncn2[C@@H]1O[C@H](COP(C)(=O)OC(C)C)[C@@H](O)[C@H]1O)CO. The van der Waals surface area contributed by atoms with E-state index >= 15 is 0 Å². The summed E-state index contributed by atoms with van der Waals surface area (Å²) in [5, 5.41) is 33.2. The minimum atomic E-state index is -3.33. The van der Waals surface area contributed by atoms with E-state index in [2.05, 4.69) is 20.3 Å². The second-order valence-corrected chi connectivity index (χ2v) is 9.92. The van der Waals surface area contributed by atoms with Gasteiger partial charge >= 0.3 is 7.60 Å². The fraction of sp³-hybridized carbons (Fsp3) is 0.632. The molecule has 0 bridgehead atoms. The highest BCUT2D eigenvalue weighted by molar-refractivity contribution is 7.53. The number of fused-ring (bicyclic) bond motifs is 1. The van der Waals surface area contributed by atoms with E-state index in [9.17, 15) is 14.8 Å². The van der Waals surface area contributed by atoms with Gasteiger partial charge in [-0.3, -0.25) is 9.13 Å². The van der Waals surface area contributed by atoms with Gasteiger partial charge in [0.2, 0.25) is 0 Å². The van der Waals surface area contributed by atoms with Crippen molar-refractivity contribution in [3.63, 3.8) is 0 Å². The second-order valence-electron chi connectivity index (χ2n) is 7.90. The molecule has 2 aromatic rings. The fourth-order valence-corrected chi connectivity index (χ4v) is 4.52. The topological polar surface area (TPSA) is 161 Å². The van der Waals surface area contributed by atoms with Gasteiger partial charge in [0.1, 0.15) is 24.6 Å². The van der Waals surface area contributed by atoms with Crippen molar-refractivity contribution in [3.8, 4) is 0 Å². The van der Waals surface area contributed by atoms with E-state index in [-0.39, 0.29) is 19.3 Å². The number of aromatic nitrogens is 4. The molecule has 1 aliphatic rings. The van der Waals surface area contributed by atoms with Crippen LogP contribution in [0.2, 0.25) is 0 Å². The molecular formula is C19H30N5O7P. The van der Waals surface area contributed by atoms with Crippen LogP contribution in [0.1, 0.15) is 27.0 Å².